The van der Waals surface area contributed by atoms with Gasteiger partial charge >= 0.3 is 0 Å². The average molecular weight is 253 g/mol. The van der Waals surface area contributed by atoms with Crippen LogP contribution >= 0.6 is 0 Å². The second-order valence-corrected chi connectivity index (χ2v) is 4.37. The van der Waals surface area contributed by atoms with Gasteiger partial charge in [0.05, 0.1) is 12.1 Å². The zero-order valence-corrected chi connectivity index (χ0v) is 11.6. The molecular weight excluding hydrogens is 229 g/mol. The van der Waals surface area contributed by atoms with Gasteiger partial charge in [-0.1, -0.05) is 32.4 Å². The molecule has 0 radical (unpaired) electrons. The molecule has 0 aliphatic carbocycles. The quantitative estimate of drug-likeness (QED) is 0.763. The van der Waals surface area contributed by atoms with Crippen molar-refractivity contribution in [3.8, 4) is 0 Å². The number of halogens is 1. The fourth-order valence-electron chi connectivity index (χ4n) is 2.20. The maximum absolute atomic E-state index is 13.0. The van der Waals surface area contributed by atoms with Crippen LogP contribution < -0.4 is 5.32 Å². The fourth-order valence-corrected chi connectivity index (χ4v) is 2.20. The van der Waals surface area contributed by atoms with Crippen LogP contribution in [0.15, 0.2) is 24.3 Å². The van der Waals surface area contributed by atoms with E-state index in [1.54, 1.807) is 0 Å². The topological polar surface area (TPSA) is 21.3 Å². The average Bonchev–Trinajstić information content (AvgIpc) is 2.37. The molecule has 2 nitrogen and oxygen atoms in total. The SMILES string of the molecule is CCCC(OCC)C(NCC)c1ccc(F)cc1. The highest BCUT2D eigenvalue weighted by Crippen LogP contribution is 2.23. The zero-order chi connectivity index (χ0) is 13.4. The molecule has 0 aliphatic rings. The summed E-state index contributed by atoms with van der Waals surface area (Å²) in [4.78, 5) is 0. The fraction of sp³-hybridized carbons (Fsp3) is 0.600. The van der Waals surface area contributed by atoms with Crippen molar-refractivity contribution in [3.63, 3.8) is 0 Å². The normalized spacial score (nSPS) is 14.4. The van der Waals surface area contributed by atoms with Crippen molar-refractivity contribution < 1.29 is 9.13 Å². The van der Waals surface area contributed by atoms with Crippen molar-refractivity contribution in [2.24, 2.45) is 0 Å². The Kier molecular flexibility index (Phi) is 6.91. The van der Waals surface area contributed by atoms with Crippen LogP contribution in [0.3, 0.4) is 0 Å². The smallest absolute Gasteiger partial charge is 0.123 e. The molecule has 1 N–H and O–H groups in total. The van der Waals surface area contributed by atoms with Gasteiger partial charge in [-0.15, -0.1) is 0 Å². The summed E-state index contributed by atoms with van der Waals surface area (Å²) >= 11 is 0. The van der Waals surface area contributed by atoms with Gasteiger partial charge in [-0.25, -0.2) is 4.39 Å². The largest absolute Gasteiger partial charge is 0.377 e. The van der Waals surface area contributed by atoms with E-state index in [4.69, 9.17) is 4.74 Å². The summed E-state index contributed by atoms with van der Waals surface area (Å²) in [5, 5.41) is 3.44. The van der Waals surface area contributed by atoms with E-state index in [-0.39, 0.29) is 18.0 Å². The Morgan fingerprint density at radius 3 is 2.33 bits per heavy atom. The molecule has 0 saturated carbocycles. The van der Waals surface area contributed by atoms with E-state index in [0.717, 1.165) is 24.9 Å². The number of hydrogen-bond acceptors (Lipinski definition) is 2. The lowest BCUT2D eigenvalue weighted by molar-refractivity contribution is 0.0280. The van der Waals surface area contributed by atoms with Crippen LogP contribution in [-0.2, 0) is 4.74 Å². The van der Waals surface area contributed by atoms with E-state index in [1.165, 1.54) is 12.1 Å². The van der Waals surface area contributed by atoms with E-state index in [9.17, 15) is 4.39 Å². The summed E-state index contributed by atoms with van der Waals surface area (Å²) in [5.41, 5.74) is 1.09. The highest BCUT2D eigenvalue weighted by molar-refractivity contribution is 5.21. The maximum Gasteiger partial charge on any atom is 0.123 e. The third-order valence-electron chi connectivity index (χ3n) is 2.98. The van der Waals surface area contributed by atoms with E-state index >= 15 is 0 Å². The van der Waals surface area contributed by atoms with Crippen LogP contribution in [0.1, 0.15) is 45.2 Å². The second-order valence-electron chi connectivity index (χ2n) is 4.37. The summed E-state index contributed by atoms with van der Waals surface area (Å²) in [6.45, 7) is 7.81. The first kappa shape index (κ1) is 15.1. The lowest BCUT2D eigenvalue weighted by atomic mass is 9.98. The third-order valence-corrected chi connectivity index (χ3v) is 2.98. The first-order valence-electron chi connectivity index (χ1n) is 6.83. The predicted molar refractivity (Wildman–Crippen MR) is 73.1 cm³/mol. The standard InChI is InChI=1S/C15H24FNO/c1-4-7-14(18-6-3)15(17-5-2)12-8-10-13(16)11-9-12/h8-11,14-15,17H,4-7H2,1-3H3. The molecular formula is C15H24FNO. The minimum atomic E-state index is -0.197. The molecule has 0 amide bonds. The molecule has 3 heteroatoms. The zero-order valence-electron chi connectivity index (χ0n) is 11.6. The first-order valence-corrected chi connectivity index (χ1v) is 6.83. The summed E-state index contributed by atoms with van der Waals surface area (Å²) in [6.07, 6.45) is 2.22. The number of likely N-dealkylation sites (N-methyl/N-ethyl adjacent to an activating group) is 1. The molecule has 0 aromatic heterocycles. The minimum absolute atomic E-state index is 0.135. The molecule has 0 heterocycles. The maximum atomic E-state index is 13.0. The van der Waals surface area contributed by atoms with Gasteiger partial charge in [-0.05, 0) is 37.6 Å². The second kappa shape index (κ2) is 8.22. The Morgan fingerprint density at radius 1 is 1.17 bits per heavy atom. The predicted octanol–water partition coefficient (Wildman–Crippen LogP) is 3.68. The highest BCUT2D eigenvalue weighted by atomic mass is 19.1. The Bertz CT molecular complexity index is 320. The van der Waals surface area contributed by atoms with Crippen molar-refractivity contribution in [1.82, 2.24) is 5.32 Å². The van der Waals surface area contributed by atoms with Crippen molar-refractivity contribution in [2.45, 2.75) is 45.8 Å². The van der Waals surface area contributed by atoms with Crippen molar-refractivity contribution in [3.05, 3.63) is 35.6 Å². The summed E-state index contributed by atoms with van der Waals surface area (Å²) < 4.78 is 18.8. The van der Waals surface area contributed by atoms with Crippen LogP contribution in [0, 0.1) is 5.82 Å². The third kappa shape index (κ3) is 4.39. The molecule has 0 aliphatic heterocycles. The van der Waals surface area contributed by atoms with E-state index in [2.05, 4.69) is 19.2 Å². The van der Waals surface area contributed by atoms with Crippen molar-refractivity contribution >= 4 is 0 Å². The number of rotatable bonds is 8. The van der Waals surface area contributed by atoms with Gasteiger partial charge in [-0.2, -0.15) is 0 Å². The van der Waals surface area contributed by atoms with Gasteiger partial charge in [0.1, 0.15) is 5.82 Å². The van der Waals surface area contributed by atoms with E-state index in [1.807, 2.05) is 19.1 Å². The molecule has 2 atom stereocenters. The van der Waals surface area contributed by atoms with Crippen LogP contribution in [-0.4, -0.2) is 19.3 Å². The number of benzene rings is 1. The molecule has 1 rings (SSSR count). The van der Waals surface area contributed by atoms with Gasteiger partial charge in [-0.3, -0.25) is 0 Å². The molecule has 0 fully saturated rings. The van der Waals surface area contributed by atoms with Gasteiger partial charge in [0.15, 0.2) is 0 Å². The molecule has 102 valence electrons. The van der Waals surface area contributed by atoms with Gasteiger partial charge in [0.2, 0.25) is 0 Å². The van der Waals surface area contributed by atoms with Gasteiger partial charge < -0.3 is 10.1 Å². The van der Waals surface area contributed by atoms with Gasteiger partial charge in [0, 0.05) is 6.61 Å². The molecule has 1 aromatic rings. The molecule has 1 aromatic carbocycles. The number of ether oxygens (including phenoxy) is 1. The van der Waals surface area contributed by atoms with Crippen molar-refractivity contribution in [2.75, 3.05) is 13.2 Å². The number of hydrogen-bond donors (Lipinski definition) is 1. The summed E-state index contributed by atoms with van der Waals surface area (Å²) in [5.74, 6) is -0.197. The Balaban J connectivity index is 2.87. The molecule has 0 saturated heterocycles. The van der Waals surface area contributed by atoms with E-state index < -0.39 is 0 Å². The van der Waals surface area contributed by atoms with Crippen LogP contribution in [0.4, 0.5) is 4.39 Å². The lowest BCUT2D eigenvalue weighted by Gasteiger charge is -2.28. The van der Waals surface area contributed by atoms with E-state index in [0.29, 0.717) is 6.61 Å². The molecule has 2 unspecified atom stereocenters. The van der Waals surface area contributed by atoms with Crippen LogP contribution in [0.2, 0.25) is 0 Å². The minimum Gasteiger partial charge on any atom is -0.377 e. The number of nitrogens with one attached hydrogen (secondary N) is 1. The Morgan fingerprint density at radius 2 is 1.83 bits per heavy atom. The van der Waals surface area contributed by atoms with Crippen LogP contribution in [0.5, 0.6) is 0 Å². The van der Waals surface area contributed by atoms with Crippen molar-refractivity contribution in [1.29, 1.82) is 0 Å². The Hall–Kier alpha value is -0.930. The van der Waals surface area contributed by atoms with Gasteiger partial charge in [0.25, 0.3) is 0 Å². The van der Waals surface area contributed by atoms with Crippen LogP contribution in [0.25, 0.3) is 0 Å². The molecule has 18 heavy (non-hydrogen) atoms. The molecule has 0 spiro atoms. The Labute approximate surface area is 110 Å². The monoisotopic (exact) mass is 253 g/mol. The first-order chi connectivity index (χ1) is 8.72. The highest BCUT2D eigenvalue weighted by Gasteiger charge is 2.22. The lowest BCUT2D eigenvalue weighted by Crippen LogP contribution is -2.34. The summed E-state index contributed by atoms with van der Waals surface area (Å²) in [7, 11) is 0. The molecule has 0 bridgehead atoms. The summed E-state index contributed by atoms with van der Waals surface area (Å²) in [6, 6.07) is 6.83.